The molecule has 232 valence electrons. The molecule has 42 heavy (non-hydrogen) atoms. The Labute approximate surface area is 245 Å². The monoisotopic (exact) mass is 591 g/mol. The van der Waals surface area contributed by atoms with Crippen molar-refractivity contribution >= 4 is 17.7 Å². The lowest BCUT2D eigenvalue weighted by molar-refractivity contribution is -0.150. The quantitative estimate of drug-likeness (QED) is 0.380. The first-order valence-electron chi connectivity index (χ1n) is 15.0. The van der Waals surface area contributed by atoms with E-state index in [-0.39, 0.29) is 56.8 Å². The number of likely N-dealkylation sites (N-methyl/N-ethyl adjacent to an activating group) is 1. The van der Waals surface area contributed by atoms with Crippen molar-refractivity contribution in [3.05, 3.63) is 29.8 Å². The second kappa shape index (κ2) is 12.0. The number of carbonyl (C=O) groups is 3. The van der Waals surface area contributed by atoms with Crippen LogP contribution >= 0.6 is 0 Å². The van der Waals surface area contributed by atoms with Crippen molar-refractivity contribution < 1.29 is 33.0 Å². The van der Waals surface area contributed by atoms with Crippen molar-refractivity contribution in [1.82, 2.24) is 25.8 Å². The summed E-state index contributed by atoms with van der Waals surface area (Å²) < 4.78 is 33.9. The molecule has 1 aromatic carbocycles. The average molecular weight is 592 g/mol. The van der Waals surface area contributed by atoms with Crippen molar-refractivity contribution in [3.8, 4) is 5.75 Å². The van der Waals surface area contributed by atoms with Crippen molar-refractivity contribution in [2.75, 3.05) is 33.3 Å². The third-order valence-electron chi connectivity index (χ3n) is 9.41. The van der Waals surface area contributed by atoms with E-state index in [0.717, 1.165) is 5.56 Å². The predicted molar refractivity (Wildman–Crippen MR) is 151 cm³/mol. The SMILES string of the molecule is CN[C@@H](C)C(=O)N[C@H](C(=O)N1C[C@H]2CC(C)(O)CN2CC1C(=O)N[C@@H]1CCOc2ccccc21)C1CCC(F)(F)CC1. The topological polar surface area (TPSA) is 123 Å². The number of ether oxygens (including phenoxy) is 1. The zero-order chi connectivity index (χ0) is 30.2. The van der Waals surface area contributed by atoms with E-state index >= 15 is 0 Å². The van der Waals surface area contributed by atoms with Gasteiger partial charge in [-0.1, -0.05) is 18.2 Å². The predicted octanol–water partition coefficient (Wildman–Crippen LogP) is 1.58. The number of alkyl halides is 2. The number of nitrogens with one attached hydrogen (secondary N) is 3. The summed E-state index contributed by atoms with van der Waals surface area (Å²) in [6.07, 6.45) is 0.469. The van der Waals surface area contributed by atoms with Gasteiger partial charge in [0, 0.05) is 50.5 Å². The van der Waals surface area contributed by atoms with Gasteiger partial charge in [-0.2, -0.15) is 0 Å². The van der Waals surface area contributed by atoms with E-state index in [1.165, 1.54) is 4.90 Å². The fourth-order valence-corrected chi connectivity index (χ4v) is 6.93. The highest BCUT2D eigenvalue weighted by Crippen LogP contribution is 2.39. The van der Waals surface area contributed by atoms with Gasteiger partial charge in [-0.15, -0.1) is 0 Å². The van der Waals surface area contributed by atoms with Crippen LogP contribution in [0, 0.1) is 5.92 Å². The van der Waals surface area contributed by atoms with Gasteiger partial charge in [0.1, 0.15) is 17.8 Å². The number of piperazine rings is 1. The second-order valence-electron chi connectivity index (χ2n) is 12.7. The smallest absolute Gasteiger partial charge is 0.248 e. The van der Waals surface area contributed by atoms with Gasteiger partial charge >= 0.3 is 0 Å². The van der Waals surface area contributed by atoms with E-state index in [2.05, 4.69) is 16.0 Å². The van der Waals surface area contributed by atoms with Gasteiger partial charge in [-0.05, 0) is 52.1 Å². The molecule has 5 rings (SSSR count). The second-order valence-corrected chi connectivity index (χ2v) is 12.7. The Balaban J connectivity index is 1.42. The summed E-state index contributed by atoms with van der Waals surface area (Å²) >= 11 is 0. The van der Waals surface area contributed by atoms with Crippen LogP contribution < -0.4 is 20.7 Å². The summed E-state index contributed by atoms with van der Waals surface area (Å²) in [6, 6.07) is 4.52. The molecule has 1 aromatic rings. The van der Waals surface area contributed by atoms with E-state index in [9.17, 15) is 28.3 Å². The number of para-hydroxylation sites is 1. The number of carbonyl (C=O) groups excluding carboxylic acids is 3. The number of hydrogen-bond donors (Lipinski definition) is 4. The van der Waals surface area contributed by atoms with Crippen LogP contribution in [-0.2, 0) is 14.4 Å². The molecule has 0 radical (unpaired) electrons. The number of rotatable bonds is 7. The van der Waals surface area contributed by atoms with Gasteiger partial charge in [0.15, 0.2) is 0 Å². The Bertz CT molecular complexity index is 1170. The maximum atomic E-state index is 14.4. The van der Waals surface area contributed by atoms with Crippen molar-refractivity contribution in [1.29, 1.82) is 0 Å². The molecule has 1 saturated carbocycles. The summed E-state index contributed by atoms with van der Waals surface area (Å²) in [4.78, 5) is 44.9. The number of fused-ring (bicyclic) bond motifs is 2. The highest BCUT2D eigenvalue weighted by Gasteiger charge is 2.50. The summed E-state index contributed by atoms with van der Waals surface area (Å²) in [5, 5.41) is 19.7. The third-order valence-corrected chi connectivity index (χ3v) is 9.41. The van der Waals surface area contributed by atoms with Crippen LogP contribution in [0.15, 0.2) is 24.3 Å². The molecule has 3 amide bonds. The van der Waals surface area contributed by atoms with Crippen LogP contribution in [0.4, 0.5) is 8.78 Å². The first-order valence-corrected chi connectivity index (χ1v) is 15.0. The van der Waals surface area contributed by atoms with Gasteiger partial charge in [-0.3, -0.25) is 19.3 Å². The number of amides is 3. The number of aliphatic hydroxyl groups is 1. The molecule has 3 aliphatic heterocycles. The minimum atomic E-state index is -2.80. The molecular formula is C30H43F2N5O5. The molecule has 0 aromatic heterocycles. The Hall–Kier alpha value is -2.83. The highest BCUT2D eigenvalue weighted by molar-refractivity contribution is 5.93. The molecule has 4 N–H and O–H groups in total. The molecular weight excluding hydrogens is 548 g/mol. The molecule has 1 aliphatic carbocycles. The van der Waals surface area contributed by atoms with E-state index in [1.807, 2.05) is 29.2 Å². The minimum absolute atomic E-state index is 0.0887. The lowest BCUT2D eigenvalue weighted by Crippen LogP contribution is -2.66. The zero-order valence-corrected chi connectivity index (χ0v) is 24.6. The van der Waals surface area contributed by atoms with Crippen LogP contribution in [0.2, 0.25) is 0 Å². The molecule has 12 heteroatoms. The fourth-order valence-electron chi connectivity index (χ4n) is 6.93. The number of hydrogen-bond acceptors (Lipinski definition) is 7. The molecule has 0 spiro atoms. The van der Waals surface area contributed by atoms with Gasteiger partial charge in [0.05, 0.1) is 24.3 Å². The molecule has 3 heterocycles. The van der Waals surface area contributed by atoms with Gasteiger partial charge < -0.3 is 30.7 Å². The Morgan fingerprint density at radius 3 is 2.55 bits per heavy atom. The largest absolute Gasteiger partial charge is 0.493 e. The third kappa shape index (κ3) is 6.55. The molecule has 0 bridgehead atoms. The lowest BCUT2D eigenvalue weighted by atomic mass is 9.81. The number of benzene rings is 1. The standard InChI is InChI=1S/C30H43F2N5O5/c1-18(33-3)26(38)35-25(19-8-11-30(31,32)12-9-19)28(40)37-15-20-14-29(2,41)17-36(20)16-23(37)27(39)34-22-10-13-42-24-7-5-4-6-21(22)24/h4-7,18-20,22-23,25,33,41H,8-17H2,1-3H3,(H,34,39)(H,35,38)/t18-,20+,22+,23?,25-,29?/m0/s1. The number of nitrogens with zero attached hydrogens (tertiary/aromatic N) is 2. The molecule has 2 saturated heterocycles. The fraction of sp³-hybridized carbons (Fsp3) is 0.700. The Morgan fingerprint density at radius 1 is 1.12 bits per heavy atom. The summed E-state index contributed by atoms with van der Waals surface area (Å²) in [7, 11) is 1.63. The van der Waals surface area contributed by atoms with Crippen molar-refractivity contribution in [3.63, 3.8) is 0 Å². The molecule has 3 fully saturated rings. The first kappa shape index (κ1) is 30.6. The van der Waals surface area contributed by atoms with E-state index in [0.29, 0.717) is 31.7 Å². The molecule has 6 atom stereocenters. The van der Waals surface area contributed by atoms with Gasteiger partial charge in [0.25, 0.3) is 0 Å². The summed E-state index contributed by atoms with van der Waals surface area (Å²) in [6.45, 7) is 4.63. The Morgan fingerprint density at radius 2 is 1.83 bits per heavy atom. The minimum Gasteiger partial charge on any atom is -0.493 e. The van der Waals surface area contributed by atoms with Crippen LogP contribution in [0.25, 0.3) is 0 Å². The van der Waals surface area contributed by atoms with Crippen LogP contribution in [-0.4, -0.2) is 102 Å². The van der Waals surface area contributed by atoms with Crippen molar-refractivity contribution in [2.24, 2.45) is 5.92 Å². The molecule has 10 nitrogen and oxygen atoms in total. The van der Waals surface area contributed by atoms with E-state index < -0.39 is 47.4 Å². The maximum absolute atomic E-state index is 14.4. The Kier molecular flexibility index (Phi) is 8.78. The highest BCUT2D eigenvalue weighted by atomic mass is 19.3. The van der Waals surface area contributed by atoms with Crippen LogP contribution in [0.5, 0.6) is 5.75 Å². The maximum Gasteiger partial charge on any atom is 0.248 e. The molecule has 4 aliphatic rings. The normalized spacial score (nSPS) is 30.8. The van der Waals surface area contributed by atoms with Gasteiger partial charge in [0.2, 0.25) is 23.6 Å². The van der Waals surface area contributed by atoms with E-state index in [1.54, 1.807) is 20.9 Å². The first-order chi connectivity index (χ1) is 19.9. The van der Waals surface area contributed by atoms with E-state index in [4.69, 9.17) is 4.74 Å². The summed E-state index contributed by atoms with van der Waals surface area (Å²) in [5.74, 6) is -3.76. The zero-order valence-electron chi connectivity index (χ0n) is 24.6. The van der Waals surface area contributed by atoms with Crippen LogP contribution in [0.3, 0.4) is 0 Å². The molecule has 2 unspecified atom stereocenters. The lowest BCUT2D eigenvalue weighted by Gasteiger charge is -2.45. The van der Waals surface area contributed by atoms with Crippen LogP contribution in [0.1, 0.15) is 64.0 Å². The van der Waals surface area contributed by atoms with Crippen molar-refractivity contribution in [2.45, 2.75) is 94.1 Å². The number of halogens is 2. The summed E-state index contributed by atoms with van der Waals surface area (Å²) in [5.41, 5.74) is -0.100. The average Bonchev–Trinajstić information content (AvgIpc) is 3.27. The van der Waals surface area contributed by atoms with Gasteiger partial charge in [-0.25, -0.2) is 8.78 Å².